The van der Waals surface area contributed by atoms with E-state index < -0.39 is 5.97 Å². The van der Waals surface area contributed by atoms with Crippen molar-refractivity contribution in [1.82, 2.24) is 10.2 Å². The van der Waals surface area contributed by atoms with Crippen molar-refractivity contribution in [3.05, 3.63) is 0 Å². The van der Waals surface area contributed by atoms with E-state index in [1.807, 2.05) is 20.8 Å². The van der Waals surface area contributed by atoms with E-state index in [9.17, 15) is 9.59 Å². The molecule has 0 aromatic heterocycles. The summed E-state index contributed by atoms with van der Waals surface area (Å²) in [6.45, 7) is 6.41. The standard InChI is InChI=1S/C12H22N2O3/c1-12(2,3)13-11(17)14-7-5-4-6-9(14)8-10(15)16/h9H,4-8H2,1-3H3,(H,13,17)(H,15,16). The van der Waals surface area contributed by atoms with Crippen LogP contribution in [0.2, 0.25) is 0 Å². The van der Waals surface area contributed by atoms with Gasteiger partial charge < -0.3 is 15.3 Å². The van der Waals surface area contributed by atoms with Crippen LogP contribution in [0.3, 0.4) is 0 Å². The summed E-state index contributed by atoms with van der Waals surface area (Å²) in [5, 5.41) is 11.7. The summed E-state index contributed by atoms with van der Waals surface area (Å²) >= 11 is 0. The van der Waals surface area contributed by atoms with Crippen molar-refractivity contribution in [3.8, 4) is 0 Å². The lowest BCUT2D eigenvalue weighted by Crippen LogP contribution is -2.53. The van der Waals surface area contributed by atoms with Gasteiger partial charge in [-0.05, 0) is 40.0 Å². The number of piperidine rings is 1. The molecule has 1 unspecified atom stereocenters. The number of carbonyl (C=O) groups excluding carboxylic acids is 1. The molecule has 1 rings (SSSR count). The van der Waals surface area contributed by atoms with Crippen molar-refractivity contribution in [2.75, 3.05) is 6.54 Å². The van der Waals surface area contributed by atoms with Crippen LogP contribution in [0, 0.1) is 0 Å². The molecule has 0 bridgehead atoms. The fourth-order valence-corrected chi connectivity index (χ4v) is 2.07. The Bertz CT molecular complexity index is 297. The van der Waals surface area contributed by atoms with Gasteiger partial charge in [0.2, 0.25) is 0 Å². The van der Waals surface area contributed by atoms with Gasteiger partial charge in [-0.15, -0.1) is 0 Å². The summed E-state index contributed by atoms with van der Waals surface area (Å²) in [5.74, 6) is -0.842. The average Bonchev–Trinajstić information content (AvgIpc) is 2.14. The van der Waals surface area contributed by atoms with Gasteiger partial charge >= 0.3 is 12.0 Å². The maximum absolute atomic E-state index is 12.0. The Kier molecular flexibility index (Phi) is 4.37. The van der Waals surface area contributed by atoms with Crippen LogP contribution in [0.25, 0.3) is 0 Å². The minimum absolute atomic E-state index is 0.0392. The van der Waals surface area contributed by atoms with E-state index in [-0.39, 0.29) is 24.0 Å². The fourth-order valence-electron chi connectivity index (χ4n) is 2.07. The maximum Gasteiger partial charge on any atom is 0.318 e. The predicted molar refractivity (Wildman–Crippen MR) is 64.9 cm³/mol. The van der Waals surface area contributed by atoms with Crippen LogP contribution >= 0.6 is 0 Å². The summed E-state index contributed by atoms with van der Waals surface area (Å²) < 4.78 is 0. The third kappa shape index (κ3) is 4.63. The Labute approximate surface area is 102 Å². The van der Waals surface area contributed by atoms with E-state index >= 15 is 0 Å². The zero-order valence-corrected chi connectivity index (χ0v) is 10.8. The average molecular weight is 242 g/mol. The Morgan fingerprint density at radius 1 is 1.35 bits per heavy atom. The van der Waals surface area contributed by atoms with E-state index in [0.29, 0.717) is 6.54 Å². The summed E-state index contributed by atoms with van der Waals surface area (Å²) in [5.41, 5.74) is -0.289. The molecule has 0 aromatic rings. The van der Waals surface area contributed by atoms with Crippen LogP contribution in [0.5, 0.6) is 0 Å². The number of amides is 2. The highest BCUT2D eigenvalue weighted by Gasteiger charge is 2.29. The molecule has 98 valence electrons. The van der Waals surface area contributed by atoms with E-state index in [1.54, 1.807) is 4.90 Å². The predicted octanol–water partition coefficient (Wildman–Crippen LogP) is 1.82. The molecular formula is C12H22N2O3. The number of urea groups is 1. The molecule has 5 nitrogen and oxygen atoms in total. The highest BCUT2D eigenvalue weighted by Crippen LogP contribution is 2.20. The molecular weight excluding hydrogens is 220 g/mol. The Morgan fingerprint density at radius 3 is 2.53 bits per heavy atom. The lowest BCUT2D eigenvalue weighted by molar-refractivity contribution is -0.138. The number of carbonyl (C=O) groups is 2. The second-order valence-corrected chi connectivity index (χ2v) is 5.62. The number of hydrogen-bond donors (Lipinski definition) is 2. The van der Waals surface area contributed by atoms with Gasteiger partial charge in [0, 0.05) is 18.1 Å². The second-order valence-electron chi connectivity index (χ2n) is 5.62. The first-order valence-electron chi connectivity index (χ1n) is 6.10. The van der Waals surface area contributed by atoms with E-state index in [0.717, 1.165) is 19.3 Å². The Hall–Kier alpha value is -1.26. The molecule has 0 aliphatic carbocycles. The van der Waals surface area contributed by atoms with Crippen LogP contribution in [-0.4, -0.2) is 40.1 Å². The summed E-state index contributed by atoms with van der Waals surface area (Å²) in [6.07, 6.45) is 2.77. The van der Waals surface area contributed by atoms with E-state index in [2.05, 4.69) is 5.32 Å². The third-order valence-corrected chi connectivity index (χ3v) is 2.78. The van der Waals surface area contributed by atoms with E-state index in [4.69, 9.17) is 5.11 Å². The quantitative estimate of drug-likeness (QED) is 0.776. The lowest BCUT2D eigenvalue weighted by atomic mass is 9.99. The van der Waals surface area contributed by atoms with E-state index in [1.165, 1.54) is 0 Å². The van der Waals surface area contributed by atoms with Crippen molar-refractivity contribution in [3.63, 3.8) is 0 Å². The maximum atomic E-state index is 12.0. The highest BCUT2D eigenvalue weighted by atomic mass is 16.4. The van der Waals surface area contributed by atoms with Gasteiger partial charge in [0.05, 0.1) is 6.42 Å². The molecule has 1 aliphatic heterocycles. The molecule has 0 spiro atoms. The molecule has 0 aromatic carbocycles. The summed E-state index contributed by atoms with van der Waals surface area (Å²) in [4.78, 5) is 24.5. The molecule has 2 N–H and O–H groups in total. The minimum Gasteiger partial charge on any atom is -0.481 e. The van der Waals surface area contributed by atoms with Crippen molar-refractivity contribution < 1.29 is 14.7 Å². The zero-order chi connectivity index (χ0) is 13.1. The molecule has 0 saturated carbocycles. The first kappa shape index (κ1) is 13.8. The van der Waals surface area contributed by atoms with Gasteiger partial charge in [-0.3, -0.25) is 4.79 Å². The first-order valence-corrected chi connectivity index (χ1v) is 6.10. The molecule has 5 heteroatoms. The lowest BCUT2D eigenvalue weighted by Gasteiger charge is -2.37. The summed E-state index contributed by atoms with van der Waals surface area (Å²) in [7, 11) is 0. The summed E-state index contributed by atoms with van der Waals surface area (Å²) in [6, 6.07) is -0.313. The largest absolute Gasteiger partial charge is 0.481 e. The van der Waals surface area contributed by atoms with Crippen LogP contribution in [0.15, 0.2) is 0 Å². The zero-order valence-electron chi connectivity index (χ0n) is 10.8. The van der Waals surface area contributed by atoms with Crippen LogP contribution in [-0.2, 0) is 4.79 Å². The minimum atomic E-state index is -0.842. The Morgan fingerprint density at radius 2 is 2.00 bits per heavy atom. The van der Waals surface area contributed by atoms with Crippen LogP contribution in [0.4, 0.5) is 4.79 Å². The SMILES string of the molecule is CC(C)(C)NC(=O)N1CCCCC1CC(=O)O. The number of carboxylic acids is 1. The highest BCUT2D eigenvalue weighted by molar-refractivity contribution is 5.76. The number of carboxylic acid groups (broad SMARTS) is 1. The molecule has 17 heavy (non-hydrogen) atoms. The molecule has 0 radical (unpaired) electrons. The molecule has 1 aliphatic rings. The van der Waals surface area contributed by atoms with Crippen LogP contribution in [0.1, 0.15) is 46.5 Å². The number of rotatable bonds is 2. The van der Waals surface area contributed by atoms with Gasteiger partial charge in [-0.1, -0.05) is 0 Å². The van der Waals surface area contributed by atoms with Crippen molar-refractivity contribution in [2.45, 2.75) is 58.0 Å². The van der Waals surface area contributed by atoms with Crippen molar-refractivity contribution in [1.29, 1.82) is 0 Å². The van der Waals surface area contributed by atoms with Gasteiger partial charge in [-0.2, -0.15) is 0 Å². The number of nitrogens with one attached hydrogen (secondary N) is 1. The van der Waals surface area contributed by atoms with Crippen LogP contribution < -0.4 is 5.32 Å². The first-order chi connectivity index (χ1) is 7.79. The topological polar surface area (TPSA) is 69.6 Å². The number of likely N-dealkylation sites (tertiary alicyclic amines) is 1. The van der Waals surface area contributed by atoms with Gasteiger partial charge in [0.15, 0.2) is 0 Å². The molecule has 1 heterocycles. The Balaban J connectivity index is 2.64. The number of nitrogens with zero attached hydrogens (tertiary/aromatic N) is 1. The monoisotopic (exact) mass is 242 g/mol. The van der Waals surface area contributed by atoms with Crippen molar-refractivity contribution >= 4 is 12.0 Å². The normalized spacial score (nSPS) is 21.1. The van der Waals surface area contributed by atoms with Gasteiger partial charge in [0.1, 0.15) is 0 Å². The molecule has 1 fully saturated rings. The van der Waals surface area contributed by atoms with Crippen molar-refractivity contribution in [2.24, 2.45) is 0 Å². The second kappa shape index (κ2) is 5.38. The smallest absolute Gasteiger partial charge is 0.318 e. The molecule has 1 saturated heterocycles. The molecule has 2 amide bonds. The van der Waals surface area contributed by atoms with Gasteiger partial charge in [0.25, 0.3) is 0 Å². The third-order valence-electron chi connectivity index (χ3n) is 2.78. The number of hydrogen-bond acceptors (Lipinski definition) is 2. The number of aliphatic carboxylic acids is 1. The van der Waals surface area contributed by atoms with Gasteiger partial charge in [-0.25, -0.2) is 4.79 Å². The fraction of sp³-hybridized carbons (Fsp3) is 0.833. The molecule has 1 atom stereocenters.